The number of hydrogen-bond donors (Lipinski definition) is 0. The van der Waals surface area contributed by atoms with E-state index in [1.807, 2.05) is 30.5 Å². The molecule has 0 saturated heterocycles. The maximum atomic E-state index is 5.17. The smallest absolute Gasteiger partial charge is 0.160 e. The lowest BCUT2D eigenvalue weighted by Gasteiger charge is -2.13. The lowest BCUT2D eigenvalue weighted by atomic mass is 9.95. The van der Waals surface area contributed by atoms with Crippen LogP contribution in [0.3, 0.4) is 0 Å². The molecule has 0 N–H and O–H groups in total. The van der Waals surface area contributed by atoms with Crippen LogP contribution in [-0.2, 0) is 0 Å². The molecule has 42 heavy (non-hydrogen) atoms. The van der Waals surface area contributed by atoms with Crippen LogP contribution in [0.4, 0.5) is 0 Å². The van der Waals surface area contributed by atoms with Gasteiger partial charge in [0.2, 0.25) is 0 Å². The molecule has 8 rings (SSSR count). The molecule has 0 spiro atoms. The largest absolute Gasteiger partial charge is 0.256 e. The molecular formula is C39H25N3. The summed E-state index contributed by atoms with van der Waals surface area (Å²) in [7, 11) is 0. The van der Waals surface area contributed by atoms with E-state index in [2.05, 4.69) is 121 Å². The summed E-state index contributed by atoms with van der Waals surface area (Å²) in [5.74, 6) is 0.696. The minimum atomic E-state index is 0.696. The molecule has 3 heteroatoms. The predicted octanol–water partition coefficient (Wildman–Crippen LogP) is 10.00. The molecular weight excluding hydrogens is 510 g/mol. The van der Waals surface area contributed by atoms with E-state index in [4.69, 9.17) is 15.0 Å². The van der Waals surface area contributed by atoms with Crippen LogP contribution in [-0.4, -0.2) is 15.0 Å². The van der Waals surface area contributed by atoms with Gasteiger partial charge in [-0.15, -0.1) is 0 Å². The molecule has 6 aromatic carbocycles. The lowest BCUT2D eigenvalue weighted by molar-refractivity contribution is 1.18. The molecule has 0 aliphatic heterocycles. The summed E-state index contributed by atoms with van der Waals surface area (Å²) in [6.45, 7) is 0. The second-order valence-corrected chi connectivity index (χ2v) is 10.5. The van der Waals surface area contributed by atoms with E-state index < -0.39 is 0 Å². The molecule has 0 aliphatic carbocycles. The minimum Gasteiger partial charge on any atom is -0.256 e. The van der Waals surface area contributed by atoms with Crippen molar-refractivity contribution in [2.75, 3.05) is 0 Å². The maximum absolute atomic E-state index is 5.17. The summed E-state index contributed by atoms with van der Waals surface area (Å²) in [5.41, 5.74) is 6.93. The molecule has 196 valence electrons. The Morgan fingerprint density at radius 2 is 0.952 bits per heavy atom. The monoisotopic (exact) mass is 535 g/mol. The fourth-order valence-electron chi connectivity index (χ4n) is 5.77. The van der Waals surface area contributed by atoms with Crippen molar-refractivity contribution in [3.8, 4) is 45.2 Å². The van der Waals surface area contributed by atoms with Crippen LogP contribution in [0.25, 0.3) is 77.5 Å². The van der Waals surface area contributed by atoms with Crippen molar-refractivity contribution < 1.29 is 0 Å². The molecule has 0 saturated carbocycles. The molecule has 0 amide bonds. The van der Waals surface area contributed by atoms with Gasteiger partial charge < -0.3 is 0 Å². The normalized spacial score (nSPS) is 11.3. The van der Waals surface area contributed by atoms with Crippen LogP contribution in [0.15, 0.2) is 152 Å². The Bertz CT molecular complexity index is 2240. The SMILES string of the molecule is c1ccc(-c2cc(-c3cc4ccccc4c4ccccc34)nc(-c3ccc(-c4cc5ccccc5cn4)cc3)n2)cc1. The van der Waals surface area contributed by atoms with Gasteiger partial charge in [-0.05, 0) is 45.1 Å². The first-order valence-corrected chi connectivity index (χ1v) is 14.1. The second kappa shape index (κ2) is 10.1. The summed E-state index contributed by atoms with van der Waals surface area (Å²) >= 11 is 0. The Hall–Kier alpha value is -5.67. The molecule has 2 aromatic heterocycles. The van der Waals surface area contributed by atoms with Gasteiger partial charge in [-0.25, -0.2) is 9.97 Å². The highest BCUT2D eigenvalue weighted by Gasteiger charge is 2.14. The molecule has 8 aromatic rings. The zero-order valence-corrected chi connectivity index (χ0v) is 22.8. The quantitative estimate of drug-likeness (QED) is 0.211. The van der Waals surface area contributed by atoms with Gasteiger partial charge in [0.25, 0.3) is 0 Å². The van der Waals surface area contributed by atoms with Crippen LogP contribution in [0.2, 0.25) is 0 Å². The number of nitrogens with zero attached hydrogens (tertiary/aromatic N) is 3. The van der Waals surface area contributed by atoms with Crippen molar-refractivity contribution in [3.05, 3.63) is 152 Å². The van der Waals surface area contributed by atoms with Crippen molar-refractivity contribution in [2.24, 2.45) is 0 Å². The van der Waals surface area contributed by atoms with Gasteiger partial charge in [0.05, 0.1) is 17.1 Å². The zero-order valence-electron chi connectivity index (χ0n) is 22.8. The van der Waals surface area contributed by atoms with Gasteiger partial charge in [0.1, 0.15) is 0 Å². The summed E-state index contributed by atoms with van der Waals surface area (Å²) < 4.78 is 0. The molecule has 0 aliphatic rings. The fraction of sp³-hybridized carbons (Fsp3) is 0. The van der Waals surface area contributed by atoms with E-state index in [1.165, 1.54) is 26.9 Å². The topological polar surface area (TPSA) is 38.7 Å². The Kier molecular flexibility index (Phi) is 5.79. The van der Waals surface area contributed by atoms with Gasteiger partial charge in [0.15, 0.2) is 5.82 Å². The van der Waals surface area contributed by atoms with Crippen molar-refractivity contribution in [3.63, 3.8) is 0 Å². The van der Waals surface area contributed by atoms with Crippen molar-refractivity contribution in [1.82, 2.24) is 15.0 Å². The number of rotatable bonds is 4. The highest BCUT2D eigenvalue weighted by Crippen LogP contribution is 2.36. The highest BCUT2D eigenvalue weighted by molar-refractivity contribution is 6.13. The van der Waals surface area contributed by atoms with Gasteiger partial charge in [0, 0.05) is 33.8 Å². The molecule has 0 radical (unpaired) electrons. The van der Waals surface area contributed by atoms with Crippen LogP contribution >= 0.6 is 0 Å². The zero-order chi connectivity index (χ0) is 27.9. The Balaban J connectivity index is 1.29. The van der Waals surface area contributed by atoms with Gasteiger partial charge in [-0.2, -0.15) is 0 Å². The van der Waals surface area contributed by atoms with Crippen molar-refractivity contribution >= 4 is 32.3 Å². The van der Waals surface area contributed by atoms with E-state index >= 15 is 0 Å². The molecule has 0 unspecified atom stereocenters. The summed E-state index contributed by atoms with van der Waals surface area (Å²) in [6.07, 6.45) is 1.94. The second-order valence-electron chi connectivity index (χ2n) is 10.5. The van der Waals surface area contributed by atoms with E-state index in [9.17, 15) is 0 Å². The van der Waals surface area contributed by atoms with E-state index in [1.54, 1.807) is 0 Å². The molecule has 3 nitrogen and oxygen atoms in total. The van der Waals surface area contributed by atoms with Crippen LogP contribution in [0, 0.1) is 0 Å². The number of pyridine rings is 1. The third kappa shape index (κ3) is 4.29. The molecule has 0 atom stereocenters. The standard InChI is InChI=1S/C39H25N3/c1-2-10-26(11-3-1)37-24-38(35-22-30-13-6-7-15-32(30)33-16-8-9-17-34(33)35)42-39(41-37)28-20-18-27(19-21-28)36-23-29-12-4-5-14-31(29)25-40-36/h1-25H. The summed E-state index contributed by atoms with van der Waals surface area (Å²) in [4.78, 5) is 14.9. The maximum Gasteiger partial charge on any atom is 0.160 e. The first-order valence-electron chi connectivity index (χ1n) is 14.1. The summed E-state index contributed by atoms with van der Waals surface area (Å²) in [5, 5.41) is 7.15. The van der Waals surface area contributed by atoms with Gasteiger partial charge in [-0.1, -0.05) is 127 Å². The summed E-state index contributed by atoms with van der Waals surface area (Å²) in [6, 6.07) is 50.7. The average Bonchev–Trinajstić information content (AvgIpc) is 3.08. The minimum absolute atomic E-state index is 0.696. The lowest BCUT2D eigenvalue weighted by Crippen LogP contribution is -1.97. The van der Waals surface area contributed by atoms with E-state index in [-0.39, 0.29) is 0 Å². The first kappa shape index (κ1) is 24.2. The van der Waals surface area contributed by atoms with Gasteiger partial charge in [-0.3, -0.25) is 4.98 Å². The molecule has 0 bridgehead atoms. The Morgan fingerprint density at radius 3 is 1.76 bits per heavy atom. The number of benzene rings is 6. The number of fused-ring (bicyclic) bond motifs is 4. The molecule has 0 fully saturated rings. The predicted molar refractivity (Wildman–Crippen MR) is 174 cm³/mol. The van der Waals surface area contributed by atoms with Gasteiger partial charge >= 0.3 is 0 Å². The van der Waals surface area contributed by atoms with Crippen molar-refractivity contribution in [2.45, 2.75) is 0 Å². The van der Waals surface area contributed by atoms with Crippen LogP contribution in [0.1, 0.15) is 0 Å². The average molecular weight is 536 g/mol. The highest BCUT2D eigenvalue weighted by atomic mass is 14.9. The fourth-order valence-corrected chi connectivity index (χ4v) is 5.77. The number of aromatic nitrogens is 3. The Labute approximate surface area is 243 Å². The van der Waals surface area contributed by atoms with Crippen LogP contribution in [0.5, 0.6) is 0 Å². The van der Waals surface area contributed by atoms with E-state index in [0.717, 1.165) is 44.7 Å². The first-order chi connectivity index (χ1) is 20.8. The van der Waals surface area contributed by atoms with E-state index in [0.29, 0.717) is 5.82 Å². The Morgan fingerprint density at radius 1 is 0.357 bits per heavy atom. The van der Waals surface area contributed by atoms with Crippen molar-refractivity contribution in [1.29, 1.82) is 0 Å². The third-order valence-corrected chi connectivity index (χ3v) is 7.91. The number of hydrogen-bond acceptors (Lipinski definition) is 3. The van der Waals surface area contributed by atoms with Crippen LogP contribution < -0.4 is 0 Å². The third-order valence-electron chi connectivity index (χ3n) is 7.91. The molecule has 2 heterocycles.